The Hall–Kier alpha value is -2.55. The molecule has 2 aromatic carbocycles. The number of nitrogens with zero attached hydrogens (tertiary/aromatic N) is 1. The molecule has 2 aromatic heterocycles. The number of hydrogen-bond donors (Lipinski definition) is 2. The molecule has 0 fully saturated rings. The third kappa shape index (κ3) is 3.51. The first-order valence-corrected chi connectivity index (χ1v) is 10.3. The molecule has 0 spiro atoms. The minimum atomic E-state index is -1.08. The van der Waals surface area contributed by atoms with Crippen LogP contribution >= 0.6 is 38.6 Å². The number of thiophene rings is 1. The number of rotatable bonds is 4. The van der Waals surface area contributed by atoms with Crippen LogP contribution in [0.2, 0.25) is 0 Å². The van der Waals surface area contributed by atoms with Crippen LogP contribution in [0.1, 0.15) is 20.7 Å². The Kier molecular flexibility index (Phi) is 4.77. The molecule has 5 nitrogen and oxygen atoms in total. The number of carboxylic acid groups (broad SMARTS) is 1. The summed E-state index contributed by atoms with van der Waals surface area (Å²) in [6, 6.07) is 12.6. The van der Waals surface area contributed by atoms with Crippen LogP contribution in [-0.4, -0.2) is 22.0 Å². The molecule has 0 aliphatic carbocycles. The van der Waals surface area contributed by atoms with Gasteiger partial charge in [-0.05, 0) is 35.9 Å². The van der Waals surface area contributed by atoms with Gasteiger partial charge in [-0.1, -0.05) is 28.1 Å². The highest BCUT2D eigenvalue weighted by Crippen LogP contribution is 2.36. The third-order valence-electron chi connectivity index (χ3n) is 3.95. The summed E-state index contributed by atoms with van der Waals surface area (Å²) in [4.78, 5) is 29.3. The number of anilines is 1. The van der Waals surface area contributed by atoms with Crippen LogP contribution in [-0.2, 0) is 0 Å². The Balaban J connectivity index is 1.68. The molecular weight excluding hydrogens is 448 g/mol. The van der Waals surface area contributed by atoms with Crippen LogP contribution in [0.3, 0.4) is 0 Å². The van der Waals surface area contributed by atoms with E-state index in [4.69, 9.17) is 0 Å². The van der Waals surface area contributed by atoms with E-state index >= 15 is 0 Å². The van der Waals surface area contributed by atoms with Gasteiger partial charge < -0.3 is 10.4 Å². The van der Waals surface area contributed by atoms with Crippen LogP contribution in [0.25, 0.3) is 20.7 Å². The number of carboxylic acids is 1. The maximum Gasteiger partial charge on any atom is 0.339 e. The second-order valence-electron chi connectivity index (χ2n) is 5.65. The topological polar surface area (TPSA) is 79.3 Å². The summed E-state index contributed by atoms with van der Waals surface area (Å²) in [5.41, 5.74) is 4.18. The molecule has 4 aromatic rings. The Morgan fingerprint density at radius 3 is 2.59 bits per heavy atom. The first kappa shape index (κ1) is 17.8. The molecule has 0 aliphatic heterocycles. The van der Waals surface area contributed by atoms with E-state index in [2.05, 4.69) is 26.2 Å². The molecule has 0 atom stereocenters. The number of carbonyl (C=O) groups excluding carboxylic acids is 1. The average molecular weight is 459 g/mol. The summed E-state index contributed by atoms with van der Waals surface area (Å²) in [6.45, 7) is 0. The molecular formula is C19H11BrN2O3S2. The molecule has 0 bridgehead atoms. The molecule has 2 N–H and O–H groups in total. The Morgan fingerprint density at radius 2 is 1.85 bits per heavy atom. The van der Waals surface area contributed by atoms with Gasteiger partial charge >= 0.3 is 5.97 Å². The molecule has 0 unspecified atom stereocenters. The highest BCUT2D eigenvalue weighted by atomic mass is 79.9. The minimum Gasteiger partial charge on any atom is -0.478 e. The molecule has 4 rings (SSSR count). The lowest BCUT2D eigenvalue weighted by atomic mass is 10.1. The fraction of sp³-hybridized carbons (Fsp3) is 0. The fourth-order valence-corrected chi connectivity index (χ4v) is 4.65. The minimum absolute atomic E-state index is 0.0922. The molecule has 8 heteroatoms. The van der Waals surface area contributed by atoms with Gasteiger partial charge in [-0.3, -0.25) is 4.79 Å². The Morgan fingerprint density at radius 1 is 1.07 bits per heavy atom. The van der Waals surface area contributed by atoms with E-state index in [0.717, 1.165) is 20.3 Å². The normalized spacial score (nSPS) is 10.9. The predicted molar refractivity (Wildman–Crippen MR) is 112 cm³/mol. The quantitative estimate of drug-likeness (QED) is 0.408. The largest absolute Gasteiger partial charge is 0.478 e. The Bertz CT molecular complexity index is 1170. The number of carbonyl (C=O) groups is 2. The maximum atomic E-state index is 12.6. The first-order chi connectivity index (χ1) is 13.0. The molecule has 1 amide bonds. The van der Waals surface area contributed by atoms with E-state index in [0.29, 0.717) is 16.1 Å². The number of aromatic carboxylic acids is 1. The van der Waals surface area contributed by atoms with E-state index in [-0.39, 0.29) is 11.5 Å². The van der Waals surface area contributed by atoms with Crippen molar-refractivity contribution in [2.24, 2.45) is 0 Å². The summed E-state index contributed by atoms with van der Waals surface area (Å²) in [7, 11) is 0. The summed E-state index contributed by atoms with van der Waals surface area (Å²) in [5.74, 6) is -1.43. The van der Waals surface area contributed by atoms with Gasteiger partial charge in [-0.15, -0.1) is 22.7 Å². The van der Waals surface area contributed by atoms with E-state index < -0.39 is 5.97 Å². The molecule has 27 heavy (non-hydrogen) atoms. The summed E-state index contributed by atoms with van der Waals surface area (Å²) < 4.78 is 1.81. The van der Waals surface area contributed by atoms with Gasteiger partial charge in [0.1, 0.15) is 5.56 Å². The van der Waals surface area contributed by atoms with Gasteiger partial charge in [0.2, 0.25) is 0 Å². The zero-order valence-electron chi connectivity index (χ0n) is 13.6. The van der Waals surface area contributed by atoms with Crippen molar-refractivity contribution in [3.05, 3.63) is 69.0 Å². The van der Waals surface area contributed by atoms with E-state index in [9.17, 15) is 14.7 Å². The van der Waals surface area contributed by atoms with Crippen molar-refractivity contribution in [2.45, 2.75) is 0 Å². The van der Waals surface area contributed by atoms with Crippen LogP contribution < -0.4 is 5.32 Å². The number of aromatic nitrogens is 1. The van der Waals surface area contributed by atoms with Gasteiger partial charge in [-0.2, -0.15) is 0 Å². The number of thiazole rings is 1. The van der Waals surface area contributed by atoms with Crippen LogP contribution in [0.4, 0.5) is 5.69 Å². The molecule has 0 saturated carbocycles. The monoisotopic (exact) mass is 458 g/mol. The molecule has 134 valence electrons. The highest BCUT2D eigenvalue weighted by Gasteiger charge is 2.21. The zero-order chi connectivity index (χ0) is 19.0. The highest BCUT2D eigenvalue weighted by molar-refractivity contribution is 9.10. The molecule has 2 heterocycles. The SMILES string of the molecule is O=C(Nc1csc(-c2ccc(Br)cc2)c1C(=O)O)c1ccc2ncsc2c1. The second-order valence-corrected chi connectivity index (χ2v) is 8.34. The van der Waals surface area contributed by atoms with Crippen LogP contribution in [0.15, 0.2) is 57.8 Å². The predicted octanol–water partition coefficient (Wildman–Crippen LogP) is 5.74. The van der Waals surface area contributed by atoms with Gasteiger partial charge in [-0.25, -0.2) is 9.78 Å². The lowest BCUT2D eigenvalue weighted by Crippen LogP contribution is -2.13. The average Bonchev–Trinajstić information content (AvgIpc) is 3.28. The second kappa shape index (κ2) is 7.22. The van der Waals surface area contributed by atoms with Crippen molar-refractivity contribution in [2.75, 3.05) is 5.32 Å². The van der Waals surface area contributed by atoms with Gasteiger partial charge in [0.15, 0.2) is 0 Å². The zero-order valence-corrected chi connectivity index (χ0v) is 16.8. The smallest absolute Gasteiger partial charge is 0.339 e. The van der Waals surface area contributed by atoms with E-state index in [1.54, 1.807) is 29.1 Å². The van der Waals surface area contributed by atoms with Crippen molar-refractivity contribution >= 4 is 66.4 Å². The summed E-state index contributed by atoms with van der Waals surface area (Å²) >= 11 is 6.10. The lowest BCUT2D eigenvalue weighted by Gasteiger charge is -2.06. The van der Waals surface area contributed by atoms with Crippen LogP contribution in [0, 0.1) is 0 Å². The van der Waals surface area contributed by atoms with Gasteiger partial charge in [0.05, 0.1) is 26.3 Å². The van der Waals surface area contributed by atoms with Crippen molar-refractivity contribution < 1.29 is 14.7 Å². The number of benzene rings is 2. The molecule has 0 saturated heterocycles. The first-order valence-electron chi connectivity index (χ1n) is 7.78. The van der Waals surface area contributed by atoms with E-state index in [1.807, 2.05) is 24.3 Å². The Labute approximate surface area is 170 Å². The lowest BCUT2D eigenvalue weighted by molar-refractivity contribution is 0.0699. The third-order valence-corrected chi connectivity index (χ3v) is 6.30. The molecule has 0 radical (unpaired) electrons. The van der Waals surface area contributed by atoms with Crippen molar-refractivity contribution in [3.8, 4) is 10.4 Å². The maximum absolute atomic E-state index is 12.6. The van der Waals surface area contributed by atoms with Gasteiger partial charge in [0.25, 0.3) is 5.91 Å². The number of halogens is 1. The van der Waals surface area contributed by atoms with Crippen molar-refractivity contribution in [1.29, 1.82) is 0 Å². The standard InChI is InChI=1S/C19H11BrN2O3S2/c20-12-4-1-10(2-5-12)17-16(19(24)25)14(8-26-17)22-18(23)11-3-6-13-15(7-11)27-9-21-13/h1-9H,(H,22,23)(H,24,25). The van der Waals surface area contributed by atoms with Gasteiger partial charge in [0, 0.05) is 15.4 Å². The molecule has 0 aliphatic rings. The fourth-order valence-electron chi connectivity index (χ4n) is 2.67. The van der Waals surface area contributed by atoms with Crippen LogP contribution in [0.5, 0.6) is 0 Å². The summed E-state index contributed by atoms with van der Waals surface area (Å²) in [5, 5.41) is 14.1. The van der Waals surface area contributed by atoms with Crippen molar-refractivity contribution in [3.63, 3.8) is 0 Å². The number of amides is 1. The van der Waals surface area contributed by atoms with E-state index in [1.165, 1.54) is 22.7 Å². The summed E-state index contributed by atoms with van der Waals surface area (Å²) in [6.07, 6.45) is 0. The number of fused-ring (bicyclic) bond motifs is 1. The number of nitrogens with one attached hydrogen (secondary N) is 1. The van der Waals surface area contributed by atoms with Crippen molar-refractivity contribution in [1.82, 2.24) is 4.98 Å². The number of hydrogen-bond acceptors (Lipinski definition) is 5.